The highest BCUT2D eigenvalue weighted by Gasteiger charge is 2.20. The summed E-state index contributed by atoms with van der Waals surface area (Å²) in [5.74, 6) is 0.0365. The van der Waals surface area contributed by atoms with E-state index in [4.69, 9.17) is 5.73 Å². The third-order valence-electron chi connectivity index (χ3n) is 3.83. The van der Waals surface area contributed by atoms with E-state index in [2.05, 4.69) is 10.2 Å². The van der Waals surface area contributed by atoms with E-state index in [1.807, 2.05) is 25.1 Å². The van der Waals surface area contributed by atoms with Gasteiger partial charge in [0, 0.05) is 44.5 Å². The quantitative estimate of drug-likeness (QED) is 0.802. The van der Waals surface area contributed by atoms with E-state index in [9.17, 15) is 9.59 Å². The van der Waals surface area contributed by atoms with Gasteiger partial charge in [-0.1, -0.05) is 6.07 Å². The van der Waals surface area contributed by atoms with E-state index in [-0.39, 0.29) is 11.8 Å². The first kappa shape index (κ1) is 15.3. The number of piperazine rings is 1. The van der Waals surface area contributed by atoms with Gasteiger partial charge in [-0.25, -0.2) is 0 Å². The number of nitrogens with two attached hydrogens (primary N) is 1. The van der Waals surface area contributed by atoms with Crippen LogP contribution in [0.3, 0.4) is 0 Å². The van der Waals surface area contributed by atoms with Crippen molar-refractivity contribution in [2.24, 2.45) is 0 Å². The smallest absolute Gasteiger partial charge is 0.238 e. The van der Waals surface area contributed by atoms with Crippen LogP contribution in [0.15, 0.2) is 18.2 Å². The lowest BCUT2D eigenvalue weighted by molar-refractivity contribution is -0.130. The normalized spacial score (nSPS) is 15.8. The van der Waals surface area contributed by atoms with Crippen LogP contribution in [-0.4, -0.2) is 54.3 Å². The predicted octanol–water partition coefficient (Wildman–Crippen LogP) is 0.680. The van der Waals surface area contributed by atoms with Crippen LogP contribution in [-0.2, 0) is 9.59 Å². The predicted molar refractivity (Wildman–Crippen MR) is 82.9 cm³/mol. The van der Waals surface area contributed by atoms with Gasteiger partial charge in [0.15, 0.2) is 0 Å². The van der Waals surface area contributed by atoms with Gasteiger partial charge in [0.25, 0.3) is 0 Å². The Morgan fingerprint density at radius 1 is 1.24 bits per heavy atom. The fourth-order valence-electron chi connectivity index (χ4n) is 2.40. The highest BCUT2D eigenvalue weighted by molar-refractivity contribution is 5.93. The molecular formula is C15H22N4O2. The number of anilines is 2. The first-order valence-electron chi connectivity index (χ1n) is 7.10. The summed E-state index contributed by atoms with van der Waals surface area (Å²) in [4.78, 5) is 27.2. The molecule has 6 nitrogen and oxygen atoms in total. The van der Waals surface area contributed by atoms with Gasteiger partial charge < -0.3 is 16.0 Å². The van der Waals surface area contributed by atoms with Gasteiger partial charge in [-0.2, -0.15) is 0 Å². The molecule has 0 aliphatic carbocycles. The number of hydrogen-bond acceptors (Lipinski definition) is 4. The van der Waals surface area contributed by atoms with E-state index in [0.717, 1.165) is 24.3 Å². The number of amides is 2. The summed E-state index contributed by atoms with van der Waals surface area (Å²) in [5.41, 5.74) is 8.13. The van der Waals surface area contributed by atoms with Gasteiger partial charge in [0.1, 0.15) is 0 Å². The molecule has 0 spiro atoms. The zero-order valence-electron chi connectivity index (χ0n) is 12.6. The minimum atomic E-state index is -0.0556. The molecule has 21 heavy (non-hydrogen) atoms. The number of nitrogen functional groups attached to an aromatic ring is 1. The molecule has 0 atom stereocenters. The Balaban J connectivity index is 1.86. The molecule has 1 aliphatic heterocycles. The molecule has 3 N–H and O–H groups in total. The average molecular weight is 290 g/mol. The van der Waals surface area contributed by atoms with E-state index in [1.165, 1.54) is 0 Å². The third kappa shape index (κ3) is 3.95. The summed E-state index contributed by atoms with van der Waals surface area (Å²) in [6, 6.07) is 5.48. The number of nitrogens with zero attached hydrogens (tertiary/aromatic N) is 2. The Kier molecular flexibility index (Phi) is 4.80. The van der Waals surface area contributed by atoms with E-state index in [0.29, 0.717) is 25.3 Å². The van der Waals surface area contributed by atoms with Crippen LogP contribution in [0.5, 0.6) is 0 Å². The van der Waals surface area contributed by atoms with Crippen LogP contribution < -0.4 is 11.1 Å². The third-order valence-corrected chi connectivity index (χ3v) is 3.83. The summed E-state index contributed by atoms with van der Waals surface area (Å²) in [5, 5.41) is 2.89. The van der Waals surface area contributed by atoms with Crippen molar-refractivity contribution in [3.05, 3.63) is 23.8 Å². The monoisotopic (exact) mass is 290 g/mol. The topological polar surface area (TPSA) is 78.7 Å². The Morgan fingerprint density at radius 3 is 2.52 bits per heavy atom. The second kappa shape index (κ2) is 6.58. The van der Waals surface area contributed by atoms with Crippen molar-refractivity contribution in [2.75, 3.05) is 43.8 Å². The van der Waals surface area contributed by atoms with Crippen LogP contribution in [0.4, 0.5) is 11.4 Å². The molecule has 1 heterocycles. The zero-order valence-corrected chi connectivity index (χ0v) is 12.6. The van der Waals surface area contributed by atoms with Crippen molar-refractivity contribution >= 4 is 23.2 Å². The standard InChI is InChI=1S/C15H22N4O2/c1-11-13(16)4-3-5-14(11)17-15(21)10-18-6-8-19(9-7-18)12(2)20/h3-5H,6-10,16H2,1-2H3,(H,17,21). The van der Waals surface area contributed by atoms with Crippen molar-refractivity contribution in [1.29, 1.82) is 0 Å². The van der Waals surface area contributed by atoms with Crippen molar-refractivity contribution in [3.8, 4) is 0 Å². The molecule has 1 fully saturated rings. The molecule has 1 aromatic carbocycles. The molecule has 2 amide bonds. The highest BCUT2D eigenvalue weighted by atomic mass is 16.2. The number of carbonyl (C=O) groups is 2. The number of carbonyl (C=O) groups excluding carboxylic acids is 2. The number of rotatable bonds is 3. The van der Waals surface area contributed by atoms with E-state index >= 15 is 0 Å². The largest absolute Gasteiger partial charge is 0.398 e. The summed E-state index contributed by atoms with van der Waals surface area (Å²) in [7, 11) is 0. The van der Waals surface area contributed by atoms with Gasteiger partial charge in [-0.3, -0.25) is 14.5 Å². The molecule has 2 rings (SSSR count). The van der Waals surface area contributed by atoms with Gasteiger partial charge in [0.05, 0.1) is 6.54 Å². The molecule has 6 heteroatoms. The Labute approximate surface area is 124 Å². The number of hydrogen-bond donors (Lipinski definition) is 2. The second-order valence-electron chi connectivity index (χ2n) is 5.35. The minimum absolute atomic E-state index is 0.0556. The lowest BCUT2D eigenvalue weighted by Gasteiger charge is -2.33. The first-order chi connectivity index (χ1) is 9.97. The SMILES string of the molecule is CC(=O)N1CCN(CC(=O)Nc2cccc(N)c2C)CC1. The summed E-state index contributed by atoms with van der Waals surface area (Å²) < 4.78 is 0. The molecule has 1 aromatic rings. The summed E-state index contributed by atoms with van der Waals surface area (Å²) in [6.45, 7) is 6.60. The van der Waals surface area contributed by atoms with E-state index < -0.39 is 0 Å². The van der Waals surface area contributed by atoms with Crippen LogP contribution >= 0.6 is 0 Å². The van der Waals surface area contributed by atoms with Crippen LogP contribution in [0.1, 0.15) is 12.5 Å². The first-order valence-corrected chi connectivity index (χ1v) is 7.10. The Hall–Kier alpha value is -2.08. The molecule has 0 bridgehead atoms. The second-order valence-corrected chi connectivity index (χ2v) is 5.35. The highest BCUT2D eigenvalue weighted by Crippen LogP contribution is 2.20. The molecule has 114 valence electrons. The molecular weight excluding hydrogens is 268 g/mol. The molecule has 0 unspecified atom stereocenters. The van der Waals surface area contributed by atoms with Crippen molar-refractivity contribution in [1.82, 2.24) is 9.80 Å². The van der Waals surface area contributed by atoms with Crippen molar-refractivity contribution < 1.29 is 9.59 Å². The summed E-state index contributed by atoms with van der Waals surface area (Å²) in [6.07, 6.45) is 0. The van der Waals surface area contributed by atoms with Gasteiger partial charge in [-0.05, 0) is 24.6 Å². The van der Waals surface area contributed by atoms with Gasteiger partial charge >= 0.3 is 0 Å². The van der Waals surface area contributed by atoms with E-state index in [1.54, 1.807) is 11.8 Å². The summed E-state index contributed by atoms with van der Waals surface area (Å²) >= 11 is 0. The lowest BCUT2D eigenvalue weighted by atomic mass is 10.1. The van der Waals surface area contributed by atoms with Crippen LogP contribution in [0.2, 0.25) is 0 Å². The van der Waals surface area contributed by atoms with Gasteiger partial charge in [0.2, 0.25) is 11.8 Å². The van der Waals surface area contributed by atoms with Crippen LogP contribution in [0, 0.1) is 6.92 Å². The molecule has 1 aliphatic rings. The van der Waals surface area contributed by atoms with Gasteiger partial charge in [-0.15, -0.1) is 0 Å². The molecule has 0 aromatic heterocycles. The maximum atomic E-state index is 12.1. The maximum absolute atomic E-state index is 12.1. The zero-order chi connectivity index (χ0) is 15.4. The fraction of sp³-hybridized carbons (Fsp3) is 0.467. The molecule has 1 saturated heterocycles. The fourth-order valence-corrected chi connectivity index (χ4v) is 2.40. The molecule has 0 saturated carbocycles. The van der Waals surface area contributed by atoms with Crippen LogP contribution in [0.25, 0.3) is 0 Å². The van der Waals surface area contributed by atoms with Crippen molar-refractivity contribution in [3.63, 3.8) is 0 Å². The minimum Gasteiger partial charge on any atom is -0.398 e. The number of nitrogens with one attached hydrogen (secondary N) is 1. The lowest BCUT2D eigenvalue weighted by Crippen LogP contribution is -2.49. The maximum Gasteiger partial charge on any atom is 0.238 e. The Bertz CT molecular complexity index is 536. The van der Waals surface area contributed by atoms with Crippen molar-refractivity contribution in [2.45, 2.75) is 13.8 Å². The average Bonchev–Trinajstić information content (AvgIpc) is 2.44. The number of benzene rings is 1. The Morgan fingerprint density at radius 2 is 1.90 bits per heavy atom. The molecule has 0 radical (unpaired) electrons.